The molecule has 106 valence electrons. The predicted molar refractivity (Wildman–Crippen MR) is 78.2 cm³/mol. The van der Waals surface area contributed by atoms with E-state index in [1.54, 1.807) is 13.2 Å². The molecule has 0 radical (unpaired) electrons. The number of hydrogen-bond acceptors (Lipinski definition) is 5. The van der Waals surface area contributed by atoms with Gasteiger partial charge in [-0.1, -0.05) is 0 Å². The third-order valence-corrected chi connectivity index (χ3v) is 4.05. The maximum atomic E-state index is 13.4. The fraction of sp³-hybridized carbons (Fsp3) is 0.0714. The molecule has 0 fully saturated rings. The first-order chi connectivity index (χ1) is 10.1. The van der Waals surface area contributed by atoms with Crippen molar-refractivity contribution in [1.82, 2.24) is 4.98 Å². The zero-order valence-electron chi connectivity index (χ0n) is 10.9. The molecule has 0 amide bonds. The molecule has 1 heterocycles. The minimum atomic E-state index is -0.855. The van der Waals surface area contributed by atoms with Crippen molar-refractivity contribution in [2.75, 3.05) is 7.11 Å². The average molecular weight is 304 g/mol. The number of nitrogens with zero attached hydrogens (tertiary/aromatic N) is 2. The summed E-state index contributed by atoms with van der Waals surface area (Å²) in [6.07, 6.45) is 0. The molecular weight excluding hydrogens is 295 g/mol. The molecule has 3 rings (SSSR count). The number of rotatable bonds is 3. The molecule has 5 nitrogen and oxygen atoms in total. The predicted octanol–water partition coefficient (Wildman–Crippen LogP) is 4.02. The van der Waals surface area contributed by atoms with E-state index in [2.05, 4.69) is 4.98 Å². The molecule has 0 aliphatic carbocycles. The van der Waals surface area contributed by atoms with Crippen molar-refractivity contribution >= 4 is 27.2 Å². The maximum Gasteiger partial charge on any atom is 0.305 e. The number of nitro benzene ring substituents is 1. The number of benzene rings is 2. The number of thiazole rings is 1. The second kappa shape index (κ2) is 5.10. The molecule has 1 aromatic heterocycles. The van der Waals surface area contributed by atoms with Gasteiger partial charge in [-0.25, -0.2) is 4.98 Å². The number of nitro groups is 1. The highest BCUT2D eigenvalue weighted by Gasteiger charge is 2.16. The topological polar surface area (TPSA) is 65.3 Å². The van der Waals surface area contributed by atoms with Crippen LogP contribution in [0.1, 0.15) is 0 Å². The van der Waals surface area contributed by atoms with Gasteiger partial charge in [0.15, 0.2) is 0 Å². The van der Waals surface area contributed by atoms with Gasteiger partial charge in [0.25, 0.3) is 0 Å². The Labute approximate surface area is 122 Å². The molecule has 0 aliphatic rings. The zero-order valence-corrected chi connectivity index (χ0v) is 11.7. The second-order valence-corrected chi connectivity index (χ2v) is 5.31. The second-order valence-electron chi connectivity index (χ2n) is 4.28. The number of methoxy groups -OCH3 is 1. The summed E-state index contributed by atoms with van der Waals surface area (Å²) >= 11 is 1.37. The maximum absolute atomic E-state index is 13.4. The molecule has 21 heavy (non-hydrogen) atoms. The highest BCUT2D eigenvalue weighted by atomic mass is 32.1. The third-order valence-electron chi connectivity index (χ3n) is 2.99. The number of fused-ring (bicyclic) bond motifs is 1. The summed E-state index contributed by atoms with van der Waals surface area (Å²) in [5.74, 6) is -0.144. The summed E-state index contributed by atoms with van der Waals surface area (Å²) in [6, 6.07) is 9.21. The monoisotopic (exact) mass is 304 g/mol. The quantitative estimate of drug-likeness (QED) is 0.541. The van der Waals surface area contributed by atoms with Crippen LogP contribution in [0.25, 0.3) is 20.8 Å². The van der Waals surface area contributed by atoms with Crippen LogP contribution in [0.5, 0.6) is 5.75 Å². The van der Waals surface area contributed by atoms with Gasteiger partial charge in [-0.05, 0) is 30.3 Å². The molecule has 3 aromatic rings. The molecule has 2 aromatic carbocycles. The lowest BCUT2D eigenvalue weighted by atomic mass is 10.2. The van der Waals surface area contributed by atoms with E-state index < -0.39 is 16.4 Å². The Balaban J connectivity index is 2.12. The number of ether oxygens (including phenoxy) is 1. The lowest BCUT2D eigenvalue weighted by Crippen LogP contribution is -1.92. The lowest BCUT2D eigenvalue weighted by molar-refractivity contribution is -0.387. The Kier molecular flexibility index (Phi) is 3.26. The molecule has 0 atom stereocenters. The van der Waals surface area contributed by atoms with Crippen molar-refractivity contribution in [3.63, 3.8) is 0 Å². The summed E-state index contributed by atoms with van der Waals surface area (Å²) in [5.41, 5.74) is 0.732. The number of halogens is 1. The number of hydrogen-bond donors (Lipinski definition) is 0. The van der Waals surface area contributed by atoms with Crippen molar-refractivity contribution in [3.8, 4) is 16.3 Å². The smallest absolute Gasteiger partial charge is 0.305 e. The van der Waals surface area contributed by atoms with Crippen LogP contribution in [-0.4, -0.2) is 17.0 Å². The molecule has 0 saturated heterocycles. The van der Waals surface area contributed by atoms with Gasteiger partial charge in [0, 0.05) is 11.6 Å². The zero-order chi connectivity index (χ0) is 15.0. The van der Waals surface area contributed by atoms with Crippen LogP contribution in [0.3, 0.4) is 0 Å². The van der Waals surface area contributed by atoms with Gasteiger partial charge in [-0.15, -0.1) is 11.3 Å². The van der Waals surface area contributed by atoms with Gasteiger partial charge in [0.05, 0.1) is 22.2 Å². The largest absolute Gasteiger partial charge is 0.497 e. The van der Waals surface area contributed by atoms with E-state index in [0.717, 1.165) is 16.3 Å². The molecular formula is C14H9FN2O3S. The molecule has 0 aliphatic heterocycles. The summed E-state index contributed by atoms with van der Waals surface area (Å²) in [6.45, 7) is 0. The lowest BCUT2D eigenvalue weighted by Gasteiger charge is -1.97. The Morgan fingerprint density at radius 2 is 2.10 bits per heavy atom. The van der Waals surface area contributed by atoms with E-state index in [-0.39, 0.29) is 0 Å². The van der Waals surface area contributed by atoms with Crippen LogP contribution in [-0.2, 0) is 0 Å². The van der Waals surface area contributed by atoms with E-state index in [0.29, 0.717) is 16.3 Å². The summed E-state index contributed by atoms with van der Waals surface area (Å²) in [4.78, 5) is 14.5. The first-order valence-electron chi connectivity index (χ1n) is 5.97. The highest BCUT2D eigenvalue weighted by Crippen LogP contribution is 2.34. The first-order valence-corrected chi connectivity index (χ1v) is 6.79. The van der Waals surface area contributed by atoms with Crippen LogP contribution in [0.2, 0.25) is 0 Å². The van der Waals surface area contributed by atoms with Crippen LogP contribution >= 0.6 is 11.3 Å². The van der Waals surface area contributed by atoms with Gasteiger partial charge >= 0.3 is 5.69 Å². The van der Waals surface area contributed by atoms with Crippen LogP contribution in [0, 0.1) is 15.9 Å². The summed E-state index contributed by atoms with van der Waals surface area (Å²) < 4.78 is 19.4. The van der Waals surface area contributed by atoms with E-state index in [1.165, 1.54) is 23.5 Å². The molecule has 0 saturated carbocycles. The number of aromatic nitrogens is 1. The Bertz CT molecular complexity index is 847. The van der Waals surface area contributed by atoms with Gasteiger partial charge in [-0.3, -0.25) is 10.1 Å². The minimum Gasteiger partial charge on any atom is -0.497 e. The molecule has 0 N–H and O–H groups in total. The Hall–Kier alpha value is -2.54. The van der Waals surface area contributed by atoms with Crippen molar-refractivity contribution in [2.24, 2.45) is 0 Å². The van der Waals surface area contributed by atoms with E-state index in [9.17, 15) is 14.5 Å². The standard InChI is InChI=1S/C14H9FN2O3S/c1-20-9-3-5-11-13(7-9)21-14(16-11)8-2-4-10(15)12(6-8)17(18)19/h2-7H,1H3. The normalized spacial score (nSPS) is 10.8. The summed E-state index contributed by atoms with van der Waals surface area (Å²) in [5, 5.41) is 11.4. The van der Waals surface area contributed by atoms with E-state index in [4.69, 9.17) is 4.74 Å². The van der Waals surface area contributed by atoms with Crippen molar-refractivity contribution < 1.29 is 14.1 Å². The van der Waals surface area contributed by atoms with Crippen molar-refractivity contribution in [2.45, 2.75) is 0 Å². The Morgan fingerprint density at radius 3 is 2.81 bits per heavy atom. The van der Waals surface area contributed by atoms with Gasteiger partial charge in [0.2, 0.25) is 5.82 Å². The fourth-order valence-electron chi connectivity index (χ4n) is 1.94. The average Bonchev–Trinajstić information content (AvgIpc) is 2.90. The SMILES string of the molecule is COc1ccc2nc(-c3ccc(F)c([N+](=O)[O-])c3)sc2c1. The van der Waals surface area contributed by atoms with Crippen molar-refractivity contribution in [1.29, 1.82) is 0 Å². The van der Waals surface area contributed by atoms with Gasteiger partial charge in [-0.2, -0.15) is 4.39 Å². The van der Waals surface area contributed by atoms with Gasteiger partial charge < -0.3 is 4.74 Å². The molecule has 7 heteroatoms. The van der Waals surface area contributed by atoms with E-state index in [1.807, 2.05) is 12.1 Å². The van der Waals surface area contributed by atoms with Crippen molar-refractivity contribution in [3.05, 3.63) is 52.3 Å². The van der Waals surface area contributed by atoms with E-state index >= 15 is 0 Å². The van der Waals surface area contributed by atoms with Crippen LogP contribution in [0.4, 0.5) is 10.1 Å². The third kappa shape index (κ3) is 2.43. The minimum absolute atomic E-state index is 0.517. The summed E-state index contributed by atoms with van der Waals surface area (Å²) in [7, 11) is 1.58. The Morgan fingerprint density at radius 1 is 1.29 bits per heavy atom. The van der Waals surface area contributed by atoms with Gasteiger partial charge in [0.1, 0.15) is 10.8 Å². The van der Waals surface area contributed by atoms with Crippen LogP contribution < -0.4 is 4.74 Å². The van der Waals surface area contributed by atoms with Crippen LogP contribution in [0.15, 0.2) is 36.4 Å². The molecule has 0 bridgehead atoms. The molecule has 0 unspecified atom stereocenters. The highest BCUT2D eigenvalue weighted by molar-refractivity contribution is 7.21. The first kappa shape index (κ1) is 13.4. The fourth-order valence-corrected chi connectivity index (χ4v) is 2.93. The molecule has 0 spiro atoms.